The van der Waals surface area contributed by atoms with Gasteiger partial charge in [-0.05, 0) is 25.0 Å². The van der Waals surface area contributed by atoms with E-state index in [1.54, 1.807) is 26.2 Å². The molecule has 0 bridgehead atoms. The number of carbonyl (C=O) groups is 1. The van der Waals surface area contributed by atoms with E-state index in [4.69, 9.17) is 4.74 Å². The minimum atomic E-state index is -0.464. The Bertz CT molecular complexity index is 539. The first-order valence-electron chi connectivity index (χ1n) is 6.83. The average molecular weight is 293 g/mol. The zero-order chi connectivity index (χ0) is 15.4. The number of hydrogen-bond donors (Lipinski definition) is 1. The lowest BCUT2D eigenvalue weighted by molar-refractivity contribution is -0.384. The Hall–Kier alpha value is -2.15. The van der Waals surface area contributed by atoms with Crippen molar-refractivity contribution in [3.63, 3.8) is 0 Å². The third kappa shape index (κ3) is 3.69. The number of nitro benzene ring substituents is 1. The molecule has 0 unspecified atom stereocenters. The number of nitrogens with one attached hydrogen (secondary N) is 1. The summed E-state index contributed by atoms with van der Waals surface area (Å²) in [6.45, 7) is 1.31. The van der Waals surface area contributed by atoms with Gasteiger partial charge in [-0.15, -0.1) is 0 Å². The Morgan fingerprint density at radius 1 is 1.38 bits per heavy atom. The first-order valence-corrected chi connectivity index (χ1v) is 6.83. The summed E-state index contributed by atoms with van der Waals surface area (Å²) >= 11 is 0. The minimum Gasteiger partial charge on any atom is -0.381 e. The van der Waals surface area contributed by atoms with E-state index < -0.39 is 4.92 Å². The second kappa shape index (κ2) is 6.53. The van der Waals surface area contributed by atoms with Crippen LogP contribution in [0, 0.1) is 10.1 Å². The van der Waals surface area contributed by atoms with Gasteiger partial charge in [0.25, 0.3) is 11.6 Å². The molecule has 0 spiro atoms. The largest absolute Gasteiger partial charge is 0.381 e. The number of nitro groups is 1. The molecule has 1 aliphatic rings. The number of hydrogen-bond acceptors (Lipinski definition) is 5. The van der Waals surface area contributed by atoms with Gasteiger partial charge in [-0.3, -0.25) is 14.9 Å². The maximum Gasteiger partial charge on any atom is 0.293 e. The van der Waals surface area contributed by atoms with Crippen LogP contribution >= 0.6 is 0 Å². The van der Waals surface area contributed by atoms with Crippen LogP contribution in [-0.4, -0.2) is 49.1 Å². The molecule has 0 aliphatic carbocycles. The molecule has 1 heterocycles. The molecule has 7 nitrogen and oxygen atoms in total. The monoisotopic (exact) mass is 293 g/mol. The van der Waals surface area contributed by atoms with Crippen LogP contribution in [-0.2, 0) is 4.74 Å². The average Bonchev–Trinajstić information content (AvgIpc) is 2.47. The summed E-state index contributed by atoms with van der Waals surface area (Å²) < 4.78 is 5.27. The van der Waals surface area contributed by atoms with Gasteiger partial charge < -0.3 is 15.0 Å². The van der Waals surface area contributed by atoms with Crippen LogP contribution in [0.4, 0.5) is 11.4 Å². The molecule has 114 valence electrons. The van der Waals surface area contributed by atoms with Crippen molar-refractivity contribution in [3.8, 4) is 0 Å². The highest BCUT2D eigenvalue weighted by Crippen LogP contribution is 2.28. The summed E-state index contributed by atoms with van der Waals surface area (Å²) in [7, 11) is 3.23. The standard InChI is InChI=1S/C14H19N3O4/c1-16(2)14(18)10-3-4-12(13(9-10)17(19)20)15-11-5-7-21-8-6-11/h3-4,9,11,15H,5-8H2,1-2H3. The number of carbonyl (C=O) groups excluding carboxylic acids is 1. The molecular weight excluding hydrogens is 274 g/mol. The SMILES string of the molecule is CN(C)C(=O)c1ccc(NC2CCOCC2)c([N+](=O)[O-])c1. The number of amides is 1. The van der Waals surface area contributed by atoms with Crippen molar-refractivity contribution < 1.29 is 14.5 Å². The van der Waals surface area contributed by atoms with Gasteiger partial charge in [0.1, 0.15) is 5.69 Å². The molecule has 1 aromatic rings. The molecule has 1 aliphatic heterocycles. The van der Waals surface area contributed by atoms with Crippen LogP contribution in [0.15, 0.2) is 18.2 Å². The highest BCUT2D eigenvalue weighted by molar-refractivity contribution is 5.95. The van der Waals surface area contributed by atoms with Crippen molar-refractivity contribution in [1.29, 1.82) is 0 Å². The predicted octanol–water partition coefficient (Wildman–Crippen LogP) is 1.89. The van der Waals surface area contributed by atoms with Crippen LogP contribution in [0.3, 0.4) is 0 Å². The summed E-state index contributed by atoms with van der Waals surface area (Å²) in [5.41, 5.74) is 0.681. The molecule has 0 atom stereocenters. The lowest BCUT2D eigenvalue weighted by Crippen LogP contribution is -2.28. The fourth-order valence-corrected chi connectivity index (χ4v) is 2.26. The maximum atomic E-state index is 11.9. The van der Waals surface area contributed by atoms with Gasteiger partial charge in [0.05, 0.1) is 4.92 Å². The minimum absolute atomic E-state index is 0.0748. The molecule has 0 aromatic heterocycles. The van der Waals surface area contributed by atoms with Crippen LogP contribution in [0.1, 0.15) is 23.2 Å². The summed E-state index contributed by atoms with van der Waals surface area (Å²) in [5.74, 6) is -0.254. The van der Waals surface area contributed by atoms with Crippen molar-refractivity contribution in [2.24, 2.45) is 0 Å². The second-order valence-corrected chi connectivity index (χ2v) is 5.22. The number of anilines is 1. The fraction of sp³-hybridized carbons (Fsp3) is 0.500. The van der Waals surface area contributed by atoms with Crippen molar-refractivity contribution >= 4 is 17.3 Å². The van der Waals surface area contributed by atoms with Crippen LogP contribution < -0.4 is 5.32 Å². The van der Waals surface area contributed by atoms with Gasteiger partial charge >= 0.3 is 0 Å². The van der Waals surface area contributed by atoms with Crippen molar-refractivity contribution in [2.45, 2.75) is 18.9 Å². The fourth-order valence-electron chi connectivity index (χ4n) is 2.26. The quantitative estimate of drug-likeness (QED) is 0.677. The van der Waals surface area contributed by atoms with Gasteiger partial charge in [-0.25, -0.2) is 0 Å². The molecule has 7 heteroatoms. The van der Waals surface area contributed by atoms with Crippen LogP contribution in [0.5, 0.6) is 0 Å². The van der Waals surface area contributed by atoms with E-state index >= 15 is 0 Å². The lowest BCUT2D eigenvalue weighted by Gasteiger charge is -2.24. The van der Waals surface area contributed by atoms with Gasteiger partial charge in [0, 0.05) is 45.0 Å². The third-order valence-electron chi connectivity index (χ3n) is 3.43. The zero-order valence-electron chi connectivity index (χ0n) is 12.2. The summed E-state index contributed by atoms with van der Waals surface area (Å²) in [6, 6.07) is 4.69. The van der Waals surface area contributed by atoms with Crippen LogP contribution in [0.25, 0.3) is 0 Å². The number of nitrogens with zero attached hydrogens (tertiary/aromatic N) is 2. The third-order valence-corrected chi connectivity index (χ3v) is 3.43. The van der Waals surface area contributed by atoms with Gasteiger partial charge in [-0.2, -0.15) is 0 Å². The number of benzene rings is 1. The highest BCUT2D eigenvalue weighted by Gasteiger charge is 2.21. The molecule has 1 aromatic carbocycles. The molecule has 21 heavy (non-hydrogen) atoms. The first kappa shape index (κ1) is 15.2. The lowest BCUT2D eigenvalue weighted by atomic mass is 10.1. The van der Waals surface area contributed by atoms with E-state index in [2.05, 4.69) is 5.32 Å². The summed E-state index contributed by atoms with van der Waals surface area (Å²) in [6.07, 6.45) is 1.63. The zero-order valence-corrected chi connectivity index (χ0v) is 12.2. The Morgan fingerprint density at radius 3 is 2.62 bits per heavy atom. The van der Waals surface area contributed by atoms with E-state index in [1.165, 1.54) is 11.0 Å². The summed E-state index contributed by atoms with van der Waals surface area (Å²) in [5, 5.41) is 14.4. The number of rotatable bonds is 4. The molecule has 1 amide bonds. The maximum absolute atomic E-state index is 11.9. The Morgan fingerprint density at radius 2 is 2.05 bits per heavy atom. The first-order chi connectivity index (χ1) is 9.99. The van der Waals surface area contributed by atoms with E-state index in [0.717, 1.165) is 12.8 Å². The van der Waals surface area contributed by atoms with Gasteiger partial charge in [-0.1, -0.05) is 0 Å². The normalized spacial score (nSPS) is 15.5. The highest BCUT2D eigenvalue weighted by atomic mass is 16.6. The van der Waals surface area contributed by atoms with E-state index in [-0.39, 0.29) is 17.6 Å². The Kier molecular flexibility index (Phi) is 4.74. The predicted molar refractivity (Wildman–Crippen MR) is 78.6 cm³/mol. The molecule has 1 N–H and O–H groups in total. The molecule has 0 radical (unpaired) electrons. The van der Waals surface area contributed by atoms with Gasteiger partial charge in [0.2, 0.25) is 0 Å². The van der Waals surface area contributed by atoms with Gasteiger partial charge in [0.15, 0.2) is 0 Å². The second-order valence-electron chi connectivity index (χ2n) is 5.22. The van der Waals surface area contributed by atoms with Crippen LogP contribution in [0.2, 0.25) is 0 Å². The smallest absolute Gasteiger partial charge is 0.293 e. The van der Waals surface area contributed by atoms with E-state index in [1.807, 2.05) is 0 Å². The molecule has 1 saturated heterocycles. The van der Waals surface area contributed by atoms with E-state index in [9.17, 15) is 14.9 Å². The molecule has 1 fully saturated rings. The Labute approximate surface area is 123 Å². The topological polar surface area (TPSA) is 84.7 Å². The van der Waals surface area contributed by atoms with Crippen molar-refractivity contribution in [2.75, 3.05) is 32.6 Å². The van der Waals surface area contributed by atoms with E-state index in [0.29, 0.717) is 24.5 Å². The van der Waals surface area contributed by atoms with Crippen molar-refractivity contribution in [3.05, 3.63) is 33.9 Å². The Balaban J connectivity index is 2.24. The molecular formula is C14H19N3O4. The molecule has 2 rings (SSSR count). The molecule has 0 saturated carbocycles. The number of ether oxygens (including phenoxy) is 1. The summed E-state index contributed by atoms with van der Waals surface area (Å²) in [4.78, 5) is 24.0. The van der Waals surface area contributed by atoms with Crippen molar-refractivity contribution in [1.82, 2.24) is 4.90 Å².